The van der Waals surface area contributed by atoms with Crippen LogP contribution in [-0.4, -0.2) is 26.3 Å². The molecule has 0 bridgehead atoms. The number of pyridine rings is 1. The van der Waals surface area contributed by atoms with Gasteiger partial charge in [-0.1, -0.05) is 0 Å². The Morgan fingerprint density at radius 3 is 2.89 bits per heavy atom. The van der Waals surface area contributed by atoms with Crippen molar-refractivity contribution in [2.45, 2.75) is 19.3 Å². The molecule has 3 rings (SSSR count). The van der Waals surface area contributed by atoms with Crippen LogP contribution in [0.5, 0.6) is 0 Å². The molecule has 0 fully saturated rings. The second-order valence-electron chi connectivity index (χ2n) is 4.54. The maximum absolute atomic E-state index is 11.0. The molecule has 0 saturated heterocycles. The number of hydrogen-bond donors (Lipinski definition) is 2. The van der Waals surface area contributed by atoms with Gasteiger partial charge < -0.3 is 5.11 Å². The summed E-state index contributed by atoms with van der Waals surface area (Å²) in [6, 6.07) is 3.83. The largest absolute Gasteiger partial charge is 0.481 e. The van der Waals surface area contributed by atoms with Gasteiger partial charge >= 0.3 is 5.97 Å². The first-order valence-corrected chi connectivity index (χ1v) is 5.95. The molecule has 2 aromatic heterocycles. The van der Waals surface area contributed by atoms with Crippen molar-refractivity contribution >= 4 is 5.97 Å². The van der Waals surface area contributed by atoms with Crippen molar-refractivity contribution in [2.75, 3.05) is 0 Å². The van der Waals surface area contributed by atoms with E-state index >= 15 is 0 Å². The Kier molecular flexibility index (Phi) is 2.59. The van der Waals surface area contributed by atoms with Crippen LogP contribution < -0.4 is 0 Å². The Balaban J connectivity index is 1.96. The number of nitrogens with zero attached hydrogens (tertiary/aromatic N) is 2. The van der Waals surface area contributed by atoms with Crippen molar-refractivity contribution in [3.63, 3.8) is 0 Å². The summed E-state index contributed by atoms with van der Waals surface area (Å²) in [7, 11) is 0. The number of fused-ring (bicyclic) bond motifs is 1. The van der Waals surface area contributed by atoms with Crippen molar-refractivity contribution in [3.8, 4) is 11.3 Å². The molecule has 0 aliphatic heterocycles. The second kappa shape index (κ2) is 4.25. The van der Waals surface area contributed by atoms with Gasteiger partial charge in [0.15, 0.2) is 0 Å². The zero-order valence-corrected chi connectivity index (χ0v) is 9.76. The minimum absolute atomic E-state index is 0.289. The normalized spacial score (nSPS) is 18.3. The Hall–Kier alpha value is -2.17. The van der Waals surface area contributed by atoms with Gasteiger partial charge in [-0.05, 0) is 25.0 Å². The van der Waals surface area contributed by atoms with Gasteiger partial charge in [0.25, 0.3) is 0 Å². The standard InChI is InChI=1S/C13H13N3O2/c17-13(18)9-1-2-10-11(7-9)15-16-12(10)8-3-5-14-6-4-8/h3-6,9H,1-2,7H2,(H,15,16)(H,17,18)/t9-/m0/s1. The van der Waals surface area contributed by atoms with E-state index in [-0.39, 0.29) is 5.92 Å². The fourth-order valence-electron chi connectivity index (χ4n) is 2.47. The summed E-state index contributed by atoms with van der Waals surface area (Å²) >= 11 is 0. The summed E-state index contributed by atoms with van der Waals surface area (Å²) in [6.07, 6.45) is 5.46. The molecule has 0 radical (unpaired) electrons. The second-order valence-corrected chi connectivity index (χ2v) is 4.54. The number of carbonyl (C=O) groups is 1. The molecule has 5 nitrogen and oxygen atoms in total. The Morgan fingerprint density at radius 2 is 2.17 bits per heavy atom. The smallest absolute Gasteiger partial charge is 0.306 e. The summed E-state index contributed by atoms with van der Waals surface area (Å²) in [5.41, 5.74) is 4.06. The van der Waals surface area contributed by atoms with E-state index in [0.717, 1.165) is 28.9 Å². The highest BCUT2D eigenvalue weighted by Gasteiger charge is 2.27. The van der Waals surface area contributed by atoms with Crippen LogP contribution >= 0.6 is 0 Å². The van der Waals surface area contributed by atoms with Gasteiger partial charge in [-0.3, -0.25) is 14.9 Å². The molecule has 1 aliphatic carbocycles. The highest BCUT2D eigenvalue weighted by Crippen LogP contribution is 2.31. The van der Waals surface area contributed by atoms with Crippen LogP contribution in [0.25, 0.3) is 11.3 Å². The first-order valence-electron chi connectivity index (χ1n) is 5.95. The molecule has 0 amide bonds. The lowest BCUT2D eigenvalue weighted by Crippen LogP contribution is -2.22. The van der Waals surface area contributed by atoms with Crippen LogP contribution in [0.15, 0.2) is 24.5 Å². The van der Waals surface area contributed by atoms with Gasteiger partial charge in [-0.25, -0.2) is 0 Å². The van der Waals surface area contributed by atoms with E-state index < -0.39 is 5.97 Å². The third kappa shape index (κ3) is 1.77. The number of carboxylic acid groups (broad SMARTS) is 1. The van der Waals surface area contributed by atoms with Crippen molar-refractivity contribution in [1.29, 1.82) is 0 Å². The monoisotopic (exact) mass is 243 g/mol. The van der Waals surface area contributed by atoms with Crippen LogP contribution in [0.4, 0.5) is 0 Å². The zero-order valence-electron chi connectivity index (χ0n) is 9.76. The third-order valence-corrected chi connectivity index (χ3v) is 3.45. The minimum Gasteiger partial charge on any atom is -0.481 e. The number of hydrogen-bond acceptors (Lipinski definition) is 3. The molecule has 92 valence electrons. The molecule has 0 unspecified atom stereocenters. The number of carboxylic acids is 1. The van der Waals surface area contributed by atoms with E-state index in [1.165, 1.54) is 0 Å². The molecule has 0 saturated carbocycles. The average Bonchev–Trinajstić information content (AvgIpc) is 2.82. The fraction of sp³-hybridized carbons (Fsp3) is 0.308. The number of aliphatic carboxylic acids is 1. The van der Waals surface area contributed by atoms with Crippen molar-refractivity contribution < 1.29 is 9.90 Å². The Labute approximate surface area is 104 Å². The fourth-order valence-corrected chi connectivity index (χ4v) is 2.47. The summed E-state index contributed by atoms with van der Waals surface area (Å²) < 4.78 is 0. The minimum atomic E-state index is -0.722. The van der Waals surface area contributed by atoms with Crippen molar-refractivity contribution in [2.24, 2.45) is 5.92 Å². The lowest BCUT2D eigenvalue weighted by Gasteiger charge is -2.18. The number of rotatable bonds is 2. The summed E-state index contributed by atoms with van der Waals surface area (Å²) in [5, 5.41) is 16.3. The topological polar surface area (TPSA) is 78.9 Å². The molecule has 5 heteroatoms. The molecule has 2 N–H and O–H groups in total. The van der Waals surface area contributed by atoms with Crippen LogP contribution in [-0.2, 0) is 17.6 Å². The molecule has 1 aliphatic rings. The van der Waals surface area contributed by atoms with Gasteiger partial charge in [0.2, 0.25) is 0 Å². The molecular formula is C13H13N3O2. The molecule has 2 aromatic rings. The lowest BCUT2D eigenvalue weighted by molar-refractivity contribution is -0.142. The zero-order chi connectivity index (χ0) is 12.5. The Morgan fingerprint density at radius 1 is 1.39 bits per heavy atom. The van der Waals surface area contributed by atoms with Crippen molar-refractivity contribution in [3.05, 3.63) is 35.8 Å². The summed E-state index contributed by atoms with van der Waals surface area (Å²) in [4.78, 5) is 15.0. The Bertz CT molecular complexity index is 577. The highest BCUT2D eigenvalue weighted by atomic mass is 16.4. The number of H-pyrrole nitrogens is 1. The number of nitrogens with one attached hydrogen (secondary N) is 1. The van der Waals surface area contributed by atoms with Crippen LogP contribution in [0.2, 0.25) is 0 Å². The SMILES string of the molecule is O=C(O)[C@H]1CCc2c(-c3ccncc3)n[nH]c2C1. The maximum atomic E-state index is 11.0. The van der Waals surface area contributed by atoms with Gasteiger partial charge in [0.05, 0.1) is 11.6 Å². The summed E-state index contributed by atoms with van der Waals surface area (Å²) in [6.45, 7) is 0. The van der Waals surface area contributed by atoms with E-state index in [4.69, 9.17) is 5.11 Å². The van der Waals surface area contributed by atoms with Crippen LogP contribution in [0, 0.1) is 5.92 Å². The molecule has 18 heavy (non-hydrogen) atoms. The number of aromatic nitrogens is 3. The lowest BCUT2D eigenvalue weighted by atomic mass is 9.86. The first kappa shape index (κ1) is 11.0. The van der Waals surface area contributed by atoms with Gasteiger partial charge in [-0.15, -0.1) is 0 Å². The highest BCUT2D eigenvalue weighted by molar-refractivity contribution is 5.72. The predicted octanol–water partition coefficient (Wildman–Crippen LogP) is 1.66. The van der Waals surface area contributed by atoms with E-state index in [1.807, 2.05) is 12.1 Å². The molecule has 2 heterocycles. The maximum Gasteiger partial charge on any atom is 0.306 e. The van der Waals surface area contributed by atoms with Crippen LogP contribution in [0.3, 0.4) is 0 Å². The van der Waals surface area contributed by atoms with Crippen LogP contribution in [0.1, 0.15) is 17.7 Å². The van der Waals surface area contributed by atoms with E-state index in [2.05, 4.69) is 15.2 Å². The average molecular weight is 243 g/mol. The van der Waals surface area contributed by atoms with Gasteiger partial charge in [0, 0.05) is 35.6 Å². The molecular weight excluding hydrogens is 230 g/mol. The van der Waals surface area contributed by atoms with E-state index in [0.29, 0.717) is 12.8 Å². The molecule has 0 aromatic carbocycles. The predicted molar refractivity (Wildman–Crippen MR) is 65.0 cm³/mol. The first-order chi connectivity index (χ1) is 8.75. The van der Waals surface area contributed by atoms with Crippen molar-refractivity contribution in [1.82, 2.24) is 15.2 Å². The molecule has 0 spiro atoms. The van der Waals surface area contributed by atoms with E-state index in [1.54, 1.807) is 12.4 Å². The van der Waals surface area contributed by atoms with E-state index in [9.17, 15) is 4.79 Å². The number of aromatic amines is 1. The van der Waals surface area contributed by atoms with Gasteiger partial charge in [0.1, 0.15) is 0 Å². The molecule has 1 atom stereocenters. The quantitative estimate of drug-likeness (QED) is 0.840. The third-order valence-electron chi connectivity index (χ3n) is 3.45. The summed E-state index contributed by atoms with van der Waals surface area (Å²) in [5.74, 6) is -1.01. The van der Waals surface area contributed by atoms with Gasteiger partial charge in [-0.2, -0.15) is 5.10 Å².